The third kappa shape index (κ3) is 2.18. The number of ether oxygens (including phenoxy) is 1. The van der Waals surface area contributed by atoms with Gasteiger partial charge in [-0.15, -0.1) is 0 Å². The fourth-order valence-corrected chi connectivity index (χ4v) is 1.77. The molecule has 0 aromatic carbocycles. The van der Waals surface area contributed by atoms with Gasteiger partial charge in [0.25, 0.3) is 5.89 Å². The molecule has 1 aromatic heterocycles. The molecule has 1 atom stereocenters. The second kappa shape index (κ2) is 3.90. The summed E-state index contributed by atoms with van der Waals surface area (Å²) in [5, 5.41) is 7.28. The van der Waals surface area contributed by atoms with E-state index in [9.17, 15) is 0 Å². The summed E-state index contributed by atoms with van der Waals surface area (Å²) in [6.45, 7) is 1.52. The summed E-state index contributed by atoms with van der Waals surface area (Å²) in [5.74, 6) is 1.38. The van der Waals surface area contributed by atoms with Crippen molar-refractivity contribution in [1.29, 1.82) is 0 Å². The van der Waals surface area contributed by atoms with E-state index < -0.39 is 0 Å². The lowest BCUT2D eigenvalue weighted by molar-refractivity contribution is 0.0835. The first-order valence-corrected chi connectivity index (χ1v) is 5.59. The second-order valence-corrected chi connectivity index (χ2v) is 4.21. The topological polar surface area (TPSA) is 60.2 Å². The first kappa shape index (κ1) is 9.30. The highest BCUT2D eigenvalue weighted by Gasteiger charge is 2.25. The van der Waals surface area contributed by atoms with Gasteiger partial charge >= 0.3 is 0 Å². The van der Waals surface area contributed by atoms with E-state index >= 15 is 0 Å². The van der Waals surface area contributed by atoms with Crippen LogP contribution in [-0.4, -0.2) is 22.8 Å². The highest BCUT2D eigenvalue weighted by molar-refractivity contribution is 4.93. The molecule has 1 aliphatic heterocycles. The van der Waals surface area contributed by atoms with Gasteiger partial charge in [-0.3, -0.25) is 0 Å². The molecule has 1 saturated carbocycles. The van der Waals surface area contributed by atoms with E-state index in [1.807, 2.05) is 0 Å². The third-order valence-corrected chi connectivity index (χ3v) is 2.82. The SMILES string of the molecule is C1COC(c2nc(CNC3CC3)no2)C1. The highest BCUT2D eigenvalue weighted by Crippen LogP contribution is 2.27. The number of nitrogens with one attached hydrogen (secondary N) is 1. The van der Waals surface area contributed by atoms with Crippen molar-refractivity contribution in [2.45, 2.75) is 44.4 Å². The van der Waals surface area contributed by atoms with Gasteiger partial charge in [0.2, 0.25) is 0 Å². The Balaban J connectivity index is 1.59. The summed E-state index contributed by atoms with van der Waals surface area (Å²) >= 11 is 0. The normalized spacial score (nSPS) is 26.0. The van der Waals surface area contributed by atoms with Crippen LogP contribution in [0.1, 0.15) is 43.5 Å². The van der Waals surface area contributed by atoms with E-state index in [1.165, 1.54) is 12.8 Å². The minimum Gasteiger partial charge on any atom is -0.368 e. The zero-order valence-electron chi connectivity index (χ0n) is 8.61. The molecule has 2 heterocycles. The molecule has 1 N–H and O–H groups in total. The summed E-state index contributed by atoms with van der Waals surface area (Å²) in [6.07, 6.45) is 4.67. The van der Waals surface area contributed by atoms with E-state index in [0.29, 0.717) is 18.5 Å². The Labute approximate surface area is 88.2 Å². The maximum Gasteiger partial charge on any atom is 0.255 e. The first-order valence-electron chi connectivity index (χ1n) is 5.59. The van der Waals surface area contributed by atoms with Crippen LogP contribution in [-0.2, 0) is 11.3 Å². The van der Waals surface area contributed by atoms with E-state index in [2.05, 4.69) is 15.5 Å². The maximum atomic E-state index is 5.47. The molecule has 0 amide bonds. The summed E-state index contributed by atoms with van der Waals surface area (Å²) < 4.78 is 10.6. The third-order valence-electron chi connectivity index (χ3n) is 2.82. The minimum absolute atomic E-state index is 0.0344. The summed E-state index contributed by atoms with van der Waals surface area (Å²) in [7, 11) is 0. The molecule has 1 aromatic rings. The predicted octanol–water partition coefficient (Wildman–Crippen LogP) is 1.17. The van der Waals surface area contributed by atoms with Gasteiger partial charge in [-0.2, -0.15) is 4.98 Å². The Morgan fingerprint density at radius 3 is 3.00 bits per heavy atom. The lowest BCUT2D eigenvalue weighted by Gasteiger charge is -2.00. The average molecular weight is 209 g/mol. The lowest BCUT2D eigenvalue weighted by Crippen LogP contribution is -2.16. The zero-order chi connectivity index (χ0) is 10.1. The van der Waals surface area contributed by atoms with Crippen molar-refractivity contribution in [3.8, 4) is 0 Å². The molecule has 5 nitrogen and oxygen atoms in total. The van der Waals surface area contributed by atoms with Gasteiger partial charge in [0.15, 0.2) is 5.82 Å². The van der Waals surface area contributed by atoms with Crippen LogP contribution in [0.2, 0.25) is 0 Å². The van der Waals surface area contributed by atoms with Gasteiger partial charge < -0.3 is 14.6 Å². The van der Waals surface area contributed by atoms with Crippen LogP contribution in [0.4, 0.5) is 0 Å². The van der Waals surface area contributed by atoms with Gasteiger partial charge in [0, 0.05) is 12.6 Å². The Kier molecular flexibility index (Phi) is 2.42. The predicted molar refractivity (Wildman–Crippen MR) is 52.1 cm³/mol. The van der Waals surface area contributed by atoms with Crippen molar-refractivity contribution < 1.29 is 9.26 Å². The van der Waals surface area contributed by atoms with Crippen molar-refractivity contribution in [1.82, 2.24) is 15.5 Å². The van der Waals surface area contributed by atoms with Crippen LogP contribution in [0.3, 0.4) is 0 Å². The van der Waals surface area contributed by atoms with E-state index in [-0.39, 0.29) is 6.10 Å². The Hall–Kier alpha value is -0.940. The van der Waals surface area contributed by atoms with E-state index in [1.54, 1.807) is 0 Å². The summed E-state index contributed by atoms with van der Waals surface area (Å²) in [5.41, 5.74) is 0. The molecule has 1 aliphatic carbocycles. The number of aromatic nitrogens is 2. The van der Waals surface area contributed by atoms with Crippen molar-refractivity contribution in [3.63, 3.8) is 0 Å². The molecule has 2 aliphatic rings. The Morgan fingerprint density at radius 1 is 1.33 bits per heavy atom. The van der Waals surface area contributed by atoms with Crippen LogP contribution in [0.25, 0.3) is 0 Å². The van der Waals surface area contributed by atoms with Crippen molar-refractivity contribution in [2.75, 3.05) is 6.61 Å². The molecule has 0 bridgehead atoms. The molecule has 1 saturated heterocycles. The largest absolute Gasteiger partial charge is 0.368 e. The van der Waals surface area contributed by atoms with Crippen LogP contribution in [0.15, 0.2) is 4.52 Å². The molecule has 5 heteroatoms. The van der Waals surface area contributed by atoms with Gasteiger partial charge in [-0.05, 0) is 25.7 Å². The monoisotopic (exact) mass is 209 g/mol. The Morgan fingerprint density at radius 2 is 2.27 bits per heavy atom. The fraction of sp³-hybridized carbons (Fsp3) is 0.800. The molecular weight excluding hydrogens is 194 g/mol. The van der Waals surface area contributed by atoms with Crippen molar-refractivity contribution in [2.24, 2.45) is 0 Å². The quantitative estimate of drug-likeness (QED) is 0.806. The highest BCUT2D eigenvalue weighted by atomic mass is 16.5. The van der Waals surface area contributed by atoms with Crippen LogP contribution >= 0.6 is 0 Å². The van der Waals surface area contributed by atoms with Gasteiger partial charge in [0.1, 0.15) is 6.10 Å². The lowest BCUT2D eigenvalue weighted by atomic mass is 10.2. The number of rotatable bonds is 4. The molecular formula is C10H15N3O2. The second-order valence-electron chi connectivity index (χ2n) is 4.21. The number of hydrogen-bond acceptors (Lipinski definition) is 5. The molecule has 3 rings (SSSR count). The van der Waals surface area contributed by atoms with Crippen LogP contribution in [0, 0.1) is 0 Å². The van der Waals surface area contributed by atoms with Crippen LogP contribution < -0.4 is 5.32 Å². The smallest absolute Gasteiger partial charge is 0.255 e. The molecule has 2 fully saturated rings. The number of hydrogen-bond donors (Lipinski definition) is 1. The van der Waals surface area contributed by atoms with E-state index in [0.717, 1.165) is 25.3 Å². The van der Waals surface area contributed by atoms with Gasteiger partial charge in [-0.25, -0.2) is 0 Å². The minimum atomic E-state index is 0.0344. The summed E-state index contributed by atoms with van der Waals surface area (Å²) in [4.78, 5) is 4.33. The number of nitrogens with zero attached hydrogens (tertiary/aromatic N) is 2. The molecule has 0 spiro atoms. The Bertz CT molecular complexity index is 329. The van der Waals surface area contributed by atoms with Gasteiger partial charge in [0.05, 0.1) is 6.54 Å². The fourth-order valence-electron chi connectivity index (χ4n) is 1.77. The molecule has 0 radical (unpaired) electrons. The zero-order valence-corrected chi connectivity index (χ0v) is 8.61. The molecule has 82 valence electrons. The van der Waals surface area contributed by atoms with Gasteiger partial charge in [-0.1, -0.05) is 5.16 Å². The van der Waals surface area contributed by atoms with Crippen molar-refractivity contribution in [3.05, 3.63) is 11.7 Å². The average Bonchev–Trinajstić information content (AvgIpc) is 2.78. The van der Waals surface area contributed by atoms with Crippen LogP contribution in [0.5, 0.6) is 0 Å². The maximum absolute atomic E-state index is 5.47. The van der Waals surface area contributed by atoms with E-state index in [4.69, 9.17) is 9.26 Å². The molecule has 15 heavy (non-hydrogen) atoms. The standard InChI is InChI=1S/C10H15N3O2/c1-2-8(14-5-1)10-12-9(13-15-10)6-11-7-3-4-7/h7-8,11H,1-6H2. The summed E-state index contributed by atoms with van der Waals surface area (Å²) in [6, 6.07) is 0.676. The molecule has 1 unspecified atom stereocenters. The first-order chi connectivity index (χ1) is 7.42. The van der Waals surface area contributed by atoms with Crippen molar-refractivity contribution >= 4 is 0 Å².